The minimum absolute atomic E-state index is 0.119. The molecule has 2 N–H and O–H groups in total. The fourth-order valence-electron chi connectivity index (χ4n) is 2.82. The molecule has 0 heterocycles. The van der Waals surface area contributed by atoms with E-state index in [2.05, 4.69) is 27.7 Å². The first-order valence-corrected chi connectivity index (χ1v) is 6.89. The van der Waals surface area contributed by atoms with Gasteiger partial charge in [0.2, 0.25) is 0 Å². The maximum Gasteiger partial charge on any atom is 0.0763 e. The van der Waals surface area contributed by atoms with Crippen LogP contribution in [0.3, 0.4) is 0 Å². The summed E-state index contributed by atoms with van der Waals surface area (Å²) in [5, 5.41) is 18.9. The van der Waals surface area contributed by atoms with Gasteiger partial charge in [0.25, 0.3) is 0 Å². The van der Waals surface area contributed by atoms with E-state index in [1.165, 1.54) is 0 Å². The Labute approximate surface area is 111 Å². The van der Waals surface area contributed by atoms with Crippen molar-refractivity contribution >= 4 is 5.71 Å². The third kappa shape index (κ3) is 2.31. The highest BCUT2D eigenvalue weighted by molar-refractivity contribution is 6.01. The van der Waals surface area contributed by atoms with Crippen LogP contribution in [0.1, 0.15) is 53.9 Å². The summed E-state index contributed by atoms with van der Waals surface area (Å²) in [6.07, 6.45) is 10.3. The van der Waals surface area contributed by atoms with E-state index in [9.17, 15) is 5.11 Å². The van der Waals surface area contributed by atoms with Gasteiger partial charge in [-0.05, 0) is 43.8 Å². The van der Waals surface area contributed by atoms with Crippen LogP contribution < -0.4 is 0 Å². The molecule has 0 fully saturated rings. The lowest BCUT2D eigenvalue weighted by Gasteiger charge is -2.52. The van der Waals surface area contributed by atoms with Gasteiger partial charge in [0.1, 0.15) is 0 Å². The summed E-state index contributed by atoms with van der Waals surface area (Å²) in [4.78, 5) is 0. The molecule has 0 saturated carbocycles. The smallest absolute Gasteiger partial charge is 0.0763 e. The molecule has 2 atom stereocenters. The van der Waals surface area contributed by atoms with E-state index in [4.69, 9.17) is 5.41 Å². The molecule has 1 aliphatic rings. The number of nitrogens with one attached hydrogen (secondary N) is 1. The van der Waals surface area contributed by atoms with Crippen molar-refractivity contribution in [1.82, 2.24) is 0 Å². The van der Waals surface area contributed by atoms with Gasteiger partial charge in [-0.15, -0.1) is 0 Å². The molecule has 1 rings (SSSR count). The molecular weight excluding hydrogens is 222 g/mol. The summed E-state index contributed by atoms with van der Waals surface area (Å²) >= 11 is 0. The zero-order chi connectivity index (χ0) is 14.0. The van der Waals surface area contributed by atoms with E-state index < -0.39 is 5.60 Å². The van der Waals surface area contributed by atoms with Crippen molar-refractivity contribution in [1.29, 1.82) is 5.41 Å². The lowest BCUT2D eigenvalue weighted by molar-refractivity contribution is -0.134. The predicted molar refractivity (Wildman–Crippen MR) is 78.0 cm³/mol. The van der Waals surface area contributed by atoms with Crippen LogP contribution in [0.2, 0.25) is 0 Å². The zero-order valence-electron chi connectivity index (χ0n) is 12.4. The minimum Gasteiger partial charge on any atom is -0.389 e. The number of aliphatic hydroxyl groups is 1. The predicted octanol–water partition coefficient (Wildman–Crippen LogP) is 4.11. The summed E-state index contributed by atoms with van der Waals surface area (Å²) in [5.41, 5.74) is -0.738. The average molecular weight is 249 g/mol. The average Bonchev–Trinajstić information content (AvgIpc) is 2.51. The van der Waals surface area contributed by atoms with Crippen LogP contribution in [0.25, 0.3) is 0 Å². The van der Waals surface area contributed by atoms with Crippen LogP contribution in [-0.2, 0) is 0 Å². The Kier molecular flexibility index (Phi) is 4.22. The second-order valence-corrected chi connectivity index (χ2v) is 6.15. The Balaban J connectivity index is 3.21. The lowest BCUT2D eigenvalue weighted by Crippen LogP contribution is -2.54. The summed E-state index contributed by atoms with van der Waals surface area (Å²) in [6.45, 7) is 10.5. The van der Waals surface area contributed by atoms with Crippen molar-refractivity contribution in [2.45, 2.75) is 59.5 Å². The van der Waals surface area contributed by atoms with Gasteiger partial charge in [0.15, 0.2) is 0 Å². The van der Waals surface area contributed by atoms with Crippen LogP contribution in [-0.4, -0.2) is 16.4 Å². The van der Waals surface area contributed by atoms with Crippen LogP contribution in [0, 0.1) is 16.2 Å². The monoisotopic (exact) mass is 249 g/mol. The van der Waals surface area contributed by atoms with E-state index in [0.717, 1.165) is 19.3 Å². The Morgan fingerprint density at radius 1 is 1.28 bits per heavy atom. The molecule has 0 aromatic rings. The molecule has 0 aromatic carbocycles. The van der Waals surface area contributed by atoms with E-state index in [1.54, 1.807) is 0 Å². The van der Waals surface area contributed by atoms with Gasteiger partial charge in [0.05, 0.1) is 11.3 Å². The molecule has 2 unspecified atom stereocenters. The number of hydrogen-bond acceptors (Lipinski definition) is 2. The Bertz CT molecular complexity index is 375. The minimum atomic E-state index is -0.797. The fourth-order valence-corrected chi connectivity index (χ4v) is 2.82. The first-order chi connectivity index (χ1) is 8.22. The molecule has 0 bridgehead atoms. The normalized spacial score (nSPS) is 28.0. The number of hydrogen-bond donors (Lipinski definition) is 2. The van der Waals surface area contributed by atoms with Crippen LogP contribution >= 0.6 is 0 Å². The van der Waals surface area contributed by atoms with E-state index in [0.29, 0.717) is 5.71 Å². The molecule has 0 aromatic heterocycles. The first kappa shape index (κ1) is 15.2. The number of allylic oxidation sites excluding steroid dienone is 3. The summed E-state index contributed by atoms with van der Waals surface area (Å²) < 4.78 is 0. The largest absolute Gasteiger partial charge is 0.389 e. The van der Waals surface area contributed by atoms with E-state index in [1.807, 2.05) is 31.2 Å². The van der Waals surface area contributed by atoms with Crippen LogP contribution in [0.5, 0.6) is 0 Å². The molecule has 1 aliphatic carbocycles. The molecule has 2 heteroatoms. The van der Waals surface area contributed by atoms with Gasteiger partial charge in [0, 0.05) is 5.41 Å². The van der Waals surface area contributed by atoms with Gasteiger partial charge in [-0.2, -0.15) is 0 Å². The molecular formula is C16H27NO. The third-order valence-electron chi connectivity index (χ3n) is 5.32. The fraction of sp³-hybridized carbons (Fsp3) is 0.688. The maximum absolute atomic E-state index is 11.2. The van der Waals surface area contributed by atoms with Gasteiger partial charge >= 0.3 is 0 Å². The lowest BCUT2D eigenvalue weighted by atomic mass is 9.57. The van der Waals surface area contributed by atoms with Crippen molar-refractivity contribution in [3.05, 3.63) is 24.3 Å². The first-order valence-electron chi connectivity index (χ1n) is 6.89. The van der Waals surface area contributed by atoms with E-state index in [-0.39, 0.29) is 10.8 Å². The quantitative estimate of drug-likeness (QED) is 0.774. The number of rotatable bonds is 4. The highest BCUT2D eigenvalue weighted by Crippen LogP contribution is 2.51. The van der Waals surface area contributed by atoms with Crippen molar-refractivity contribution in [2.75, 3.05) is 0 Å². The Morgan fingerprint density at radius 2 is 1.83 bits per heavy atom. The Hall–Kier alpha value is -0.890. The van der Waals surface area contributed by atoms with Gasteiger partial charge < -0.3 is 10.5 Å². The van der Waals surface area contributed by atoms with E-state index >= 15 is 0 Å². The highest BCUT2D eigenvalue weighted by atomic mass is 16.3. The maximum atomic E-state index is 11.2. The molecule has 0 aliphatic heterocycles. The van der Waals surface area contributed by atoms with Crippen molar-refractivity contribution in [3.8, 4) is 0 Å². The Morgan fingerprint density at radius 3 is 2.33 bits per heavy atom. The van der Waals surface area contributed by atoms with Gasteiger partial charge in [-0.3, -0.25) is 0 Å². The molecule has 2 nitrogen and oxygen atoms in total. The van der Waals surface area contributed by atoms with Gasteiger partial charge in [-0.25, -0.2) is 0 Å². The summed E-state index contributed by atoms with van der Waals surface area (Å²) in [5.74, 6) is 0. The second-order valence-electron chi connectivity index (χ2n) is 6.15. The third-order valence-corrected chi connectivity index (χ3v) is 5.32. The van der Waals surface area contributed by atoms with Crippen LogP contribution in [0.15, 0.2) is 24.3 Å². The molecule has 0 radical (unpaired) electrons. The molecule has 0 spiro atoms. The van der Waals surface area contributed by atoms with Crippen molar-refractivity contribution < 1.29 is 5.11 Å². The van der Waals surface area contributed by atoms with Crippen LogP contribution in [0.4, 0.5) is 0 Å². The standard InChI is InChI=1S/C16H27NO/c1-6-14(3,7-2)16(5,18)15(4)11-8-9-13(17)10-12-15/h8-10,12,17-18H,6-7,11H2,1-5H3. The molecule has 18 heavy (non-hydrogen) atoms. The second kappa shape index (κ2) is 5.00. The summed E-state index contributed by atoms with van der Waals surface area (Å²) in [7, 11) is 0. The molecule has 0 saturated heterocycles. The van der Waals surface area contributed by atoms with Gasteiger partial charge in [-0.1, -0.05) is 39.8 Å². The van der Waals surface area contributed by atoms with Crippen molar-refractivity contribution in [2.24, 2.45) is 10.8 Å². The zero-order valence-corrected chi connectivity index (χ0v) is 12.4. The highest BCUT2D eigenvalue weighted by Gasteiger charge is 2.51. The molecule has 102 valence electrons. The van der Waals surface area contributed by atoms with Crippen molar-refractivity contribution in [3.63, 3.8) is 0 Å². The SMILES string of the molecule is CCC(C)(CC)C(C)(O)C1(C)C=CC(=N)C=CC1. The summed E-state index contributed by atoms with van der Waals surface area (Å²) in [6, 6.07) is 0. The molecule has 0 amide bonds. The topological polar surface area (TPSA) is 44.1 Å².